The molecule has 0 spiro atoms. The molecule has 0 aliphatic carbocycles. The molecule has 0 aromatic heterocycles. The maximum absolute atomic E-state index is 12.0. The molecule has 3 rings (SSSR count). The fourth-order valence-electron chi connectivity index (χ4n) is 2.84. The molecule has 1 unspecified atom stereocenters. The van der Waals surface area contributed by atoms with E-state index < -0.39 is 6.04 Å². The summed E-state index contributed by atoms with van der Waals surface area (Å²) in [6.07, 6.45) is 2.17. The van der Waals surface area contributed by atoms with Gasteiger partial charge in [0.05, 0.1) is 6.61 Å². The Balaban J connectivity index is 1.29. The van der Waals surface area contributed by atoms with Gasteiger partial charge in [-0.1, -0.05) is 48.5 Å². The lowest BCUT2D eigenvalue weighted by Gasteiger charge is -2.12. The Morgan fingerprint density at radius 2 is 1.37 bits per heavy atom. The number of hydrogen-bond acceptors (Lipinski definition) is 5. The third-order valence-corrected chi connectivity index (χ3v) is 4.51. The number of para-hydroxylation sites is 1. The summed E-state index contributed by atoms with van der Waals surface area (Å²) in [5.74, 6) is 1.97. The number of carbonyl (C=O) groups excluding carboxylic acids is 1. The smallest absolute Gasteiger partial charge is 0.323 e. The van der Waals surface area contributed by atoms with Crippen LogP contribution in [0.1, 0.15) is 24.8 Å². The van der Waals surface area contributed by atoms with E-state index in [1.165, 1.54) is 0 Å². The zero-order chi connectivity index (χ0) is 21.0. The van der Waals surface area contributed by atoms with Crippen molar-refractivity contribution >= 4 is 5.97 Å². The number of ether oxygens (including phenoxy) is 3. The van der Waals surface area contributed by atoms with Crippen molar-refractivity contribution in [2.75, 3.05) is 6.61 Å². The van der Waals surface area contributed by atoms with E-state index in [4.69, 9.17) is 19.9 Å². The van der Waals surface area contributed by atoms with Gasteiger partial charge in [-0.3, -0.25) is 4.79 Å². The van der Waals surface area contributed by atoms with E-state index in [1.807, 2.05) is 84.9 Å². The summed E-state index contributed by atoms with van der Waals surface area (Å²) in [6, 6.07) is 26.1. The lowest BCUT2D eigenvalue weighted by molar-refractivity contribution is -0.146. The number of esters is 1. The molecule has 3 aromatic carbocycles. The third-order valence-electron chi connectivity index (χ3n) is 4.51. The highest BCUT2D eigenvalue weighted by atomic mass is 16.5. The first-order valence-electron chi connectivity index (χ1n) is 10.1. The van der Waals surface area contributed by atoms with Gasteiger partial charge in [0.1, 0.15) is 29.9 Å². The summed E-state index contributed by atoms with van der Waals surface area (Å²) in [5.41, 5.74) is 6.88. The molecule has 3 aromatic rings. The van der Waals surface area contributed by atoms with Crippen molar-refractivity contribution in [3.05, 3.63) is 90.5 Å². The molecule has 0 saturated carbocycles. The molecule has 1 atom stereocenters. The summed E-state index contributed by atoms with van der Waals surface area (Å²) in [4.78, 5) is 12.0. The minimum Gasteiger partial charge on any atom is -0.494 e. The van der Waals surface area contributed by atoms with E-state index >= 15 is 0 Å². The molecule has 0 saturated heterocycles. The lowest BCUT2D eigenvalue weighted by Crippen LogP contribution is -2.32. The highest BCUT2D eigenvalue weighted by Crippen LogP contribution is 2.23. The molecule has 0 fully saturated rings. The number of rotatable bonds is 11. The second kappa shape index (κ2) is 11.6. The van der Waals surface area contributed by atoms with Gasteiger partial charge >= 0.3 is 5.97 Å². The molecular formula is C25H27NO4. The van der Waals surface area contributed by atoms with Crippen molar-refractivity contribution in [1.29, 1.82) is 0 Å². The van der Waals surface area contributed by atoms with E-state index in [9.17, 15) is 4.79 Å². The van der Waals surface area contributed by atoms with Crippen LogP contribution < -0.4 is 15.2 Å². The molecule has 5 nitrogen and oxygen atoms in total. The van der Waals surface area contributed by atoms with Crippen LogP contribution in [0, 0.1) is 0 Å². The Kier molecular flexibility index (Phi) is 8.30. The number of carbonyl (C=O) groups is 1. The molecule has 156 valence electrons. The molecule has 0 bridgehead atoms. The fourth-order valence-corrected chi connectivity index (χ4v) is 2.84. The van der Waals surface area contributed by atoms with Gasteiger partial charge in [0.25, 0.3) is 0 Å². The van der Waals surface area contributed by atoms with Crippen LogP contribution in [0.4, 0.5) is 0 Å². The van der Waals surface area contributed by atoms with Crippen LogP contribution in [0.2, 0.25) is 0 Å². The topological polar surface area (TPSA) is 70.8 Å². The van der Waals surface area contributed by atoms with Crippen molar-refractivity contribution in [2.45, 2.75) is 31.9 Å². The first kappa shape index (κ1) is 21.4. The van der Waals surface area contributed by atoms with Crippen LogP contribution >= 0.6 is 0 Å². The van der Waals surface area contributed by atoms with Crippen molar-refractivity contribution in [1.82, 2.24) is 0 Å². The summed E-state index contributed by atoms with van der Waals surface area (Å²) in [5, 5.41) is 0. The zero-order valence-electron chi connectivity index (χ0n) is 16.9. The fraction of sp³-hybridized carbons (Fsp3) is 0.240. The van der Waals surface area contributed by atoms with E-state index in [1.54, 1.807) is 0 Å². The Morgan fingerprint density at radius 1 is 0.767 bits per heavy atom. The molecule has 2 N–H and O–H groups in total. The second-order valence-electron chi connectivity index (χ2n) is 6.93. The van der Waals surface area contributed by atoms with E-state index in [0.29, 0.717) is 13.0 Å². The van der Waals surface area contributed by atoms with Crippen molar-refractivity contribution in [3.63, 3.8) is 0 Å². The summed E-state index contributed by atoms with van der Waals surface area (Å²) in [6.45, 7) is 0.811. The predicted molar refractivity (Wildman–Crippen MR) is 117 cm³/mol. The molecular weight excluding hydrogens is 378 g/mol. The molecule has 0 amide bonds. The van der Waals surface area contributed by atoms with E-state index in [0.717, 1.165) is 35.7 Å². The molecule has 0 radical (unpaired) electrons. The minimum atomic E-state index is -0.608. The maximum Gasteiger partial charge on any atom is 0.323 e. The van der Waals surface area contributed by atoms with Crippen LogP contribution in [-0.4, -0.2) is 18.6 Å². The average molecular weight is 405 g/mol. The second-order valence-corrected chi connectivity index (χ2v) is 6.93. The average Bonchev–Trinajstić information content (AvgIpc) is 2.79. The minimum absolute atomic E-state index is 0.250. The highest BCUT2D eigenvalue weighted by molar-refractivity contribution is 5.75. The van der Waals surface area contributed by atoms with Crippen molar-refractivity contribution in [2.24, 2.45) is 5.73 Å². The van der Waals surface area contributed by atoms with Gasteiger partial charge in [0, 0.05) is 0 Å². The zero-order valence-corrected chi connectivity index (χ0v) is 16.9. The SMILES string of the molecule is NC(CCCCOc1ccc(Oc2ccccc2)cc1)C(=O)OCc1ccccc1. The van der Waals surface area contributed by atoms with Gasteiger partial charge in [-0.05, 0) is 61.2 Å². The standard InChI is InChI=1S/C25H27NO4/c26-24(25(27)29-19-20-9-3-1-4-10-20)13-7-8-18-28-21-14-16-23(17-15-21)30-22-11-5-2-6-12-22/h1-6,9-12,14-17,24H,7-8,13,18-19,26H2. The quantitative estimate of drug-likeness (QED) is 0.355. The van der Waals surface area contributed by atoms with Crippen LogP contribution in [0.25, 0.3) is 0 Å². The monoisotopic (exact) mass is 405 g/mol. The summed E-state index contributed by atoms with van der Waals surface area (Å²) >= 11 is 0. The first-order valence-corrected chi connectivity index (χ1v) is 10.1. The van der Waals surface area contributed by atoms with E-state index in [2.05, 4.69) is 0 Å². The third kappa shape index (κ3) is 7.26. The van der Waals surface area contributed by atoms with E-state index in [-0.39, 0.29) is 12.6 Å². The molecule has 0 aliphatic heterocycles. The number of hydrogen-bond donors (Lipinski definition) is 1. The highest BCUT2D eigenvalue weighted by Gasteiger charge is 2.14. The number of unbranched alkanes of at least 4 members (excludes halogenated alkanes) is 1. The molecule has 30 heavy (non-hydrogen) atoms. The van der Waals surface area contributed by atoms with Crippen molar-refractivity contribution < 1.29 is 19.0 Å². The molecule has 0 heterocycles. The summed E-state index contributed by atoms with van der Waals surface area (Å²) < 4.78 is 16.8. The Bertz CT molecular complexity index is 882. The Hall–Kier alpha value is -3.31. The largest absolute Gasteiger partial charge is 0.494 e. The van der Waals surface area contributed by atoms with Crippen LogP contribution in [-0.2, 0) is 16.1 Å². The van der Waals surface area contributed by atoms with Crippen LogP contribution in [0.3, 0.4) is 0 Å². The first-order chi connectivity index (χ1) is 14.7. The van der Waals surface area contributed by atoms with Crippen LogP contribution in [0.5, 0.6) is 17.2 Å². The lowest BCUT2D eigenvalue weighted by atomic mass is 10.1. The van der Waals surface area contributed by atoms with Crippen molar-refractivity contribution in [3.8, 4) is 17.2 Å². The van der Waals surface area contributed by atoms with Gasteiger partial charge < -0.3 is 19.9 Å². The summed E-state index contributed by atoms with van der Waals surface area (Å²) in [7, 11) is 0. The predicted octanol–water partition coefficient (Wildman–Crippen LogP) is 5.10. The van der Waals surface area contributed by atoms with Gasteiger partial charge in [-0.15, -0.1) is 0 Å². The van der Waals surface area contributed by atoms with Gasteiger partial charge in [-0.2, -0.15) is 0 Å². The number of nitrogens with two attached hydrogens (primary N) is 1. The molecule has 5 heteroatoms. The van der Waals surface area contributed by atoms with Gasteiger partial charge in [0.15, 0.2) is 0 Å². The normalized spacial score (nSPS) is 11.5. The van der Waals surface area contributed by atoms with Gasteiger partial charge in [0.2, 0.25) is 0 Å². The number of benzene rings is 3. The maximum atomic E-state index is 12.0. The molecule has 0 aliphatic rings. The van der Waals surface area contributed by atoms with Crippen LogP contribution in [0.15, 0.2) is 84.9 Å². The Morgan fingerprint density at radius 3 is 2.07 bits per heavy atom. The Labute approximate surface area is 177 Å². The van der Waals surface area contributed by atoms with Gasteiger partial charge in [-0.25, -0.2) is 0 Å².